The van der Waals surface area contributed by atoms with Crippen molar-refractivity contribution in [2.45, 2.75) is 88.2 Å². The van der Waals surface area contributed by atoms with E-state index in [2.05, 4.69) is 10.2 Å². The first-order valence-corrected chi connectivity index (χ1v) is 12.7. The average molecular weight is 456 g/mol. The maximum atomic E-state index is 12.2. The molecule has 1 aromatic rings. The molecule has 9 nitrogen and oxygen atoms in total. The summed E-state index contributed by atoms with van der Waals surface area (Å²) in [7, 11) is -3.37. The minimum Gasteiger partial charge on any atom is -0.473 e. The first-order valence-electron chi connectivity index (χ1n) is 10.8. The van der Waals surface area contributed by atoms with Crippen molar-refractivity contribution in [3.63, 3.8) is 0 Å². The zero-order valence-electron chi connectivity index (χ0n) is 18.7. The SMILES string of the molecule is CC(C)(C)OC(=O)N1CCC(OC2CCC(Oc3ccc(S(C)(=O)=O)nn3)CC2)CC1. The number of nitrogens with zero attached hydrogens (tertiary/aromatic N) is 3. The molecule has 0 N–H and O–H groups in total. The fourth-order valence-corrected chi connectivity index (χ4v) is 4.30. The number of likely N-dealkylation sites (tertiary alicyclic amines) is 1. The number of ether oxygens (including phenoxy) is 3. The molecule has 174 valence electrons. The Morgan fingerprint density at radius 3 is 2.06 bits per heavy atom. The molecule has 1 aromatic heterocycles. The smallest absolute Gasteiger partial charge is 0.410 e. The van der Waals surface area contributed by atoms with Crippen LogP contribution < -0.4 is 4.74 Å². The maximum Gasteiger partial charge on any atom is 0.410 e. The van der Waals surface area contributed by atoms with E-state index in [9.17, 15) is 13.2 Å². The summed E-state index contributed by atoms with van der Waals surface area (Å²) >= 11 is 0. The van der Waals surface area contributed by atoms with E-state index in [4.69, 9.17) is 14.2 Å². The third-order valence-electron chi connectivity index (χ3n) is 5.38. The van der Waals surface area contributed by atoms with Crippen LogP contribution in [0.15, 0.2) is 17.2 Å². The number of hydrogen-bond acceptors (Lipinski definition) is 8. The highest BCUT2D eigenvalue weighted by Crippen LogP contribution is 2.28. The van der Waals surface area contributed by atoms with Crippen LogP contribution in [-0.2, 0) is 19.3 Å². The lowest BCUT2D eigenvalue weighted by molar-refractivity contribution is -0.0678. The molecule has 2 fully saturated rings. The van der Waals surface area contributed by atoms with Crippen LogP contribution in [0.4, 0.5) is 4.79 Å². The van der Waals surface area contributed by atoms with Gasteiger partial charge in [-0.25, -0.2) is 13.2 Å². The van der Waals surface area contributed by atoms with Crippen LogP contribution in [0.1, 0.15) is 59.3 Å². The van der Waals surface area contributed by atoms with Gasteiger partial charge in [-0.15, -0.1) is 10.2 Å². The molecule has 0 aromatic carbocycles. The largest absolute Gasteiger partial charge is 0.473 e. The number of rotatable bonds is 5. The number of amides is 1. The Balaban J connectivity index is 1.37. The van der Waals surface area contributed by atoms with Gasteiger partial charge in [0, 0.05) is 25.4 Å². The van der Waals surface area contributed by atoms with Gasteiger partial charge in [-0.3, -0.25) is 0 Å². The Labute approximate surface area is 184 Å². The van der Waals surface area contributed by atoms with E-state index in [1.54, 1.807) is 11.0 Å². The minimum atomic E-state index is -3.37. The highest BCUT2D eigenvalue weighted by atomic mass is 32.2. The van der Waals surface area contributed by atoms with Crippen molar-refractivity contribution >= 4 is 15.9 Å². The van der Waals surface area contributed by atoms with E-state index in [-0.39, 0.29) is 29.4 Å². The molecule has 0 spiro atoms. The highest BCUT2D eigenvalue weighted by Gasteiger charge is 2.30. The molecule has 0 bridgehead atoms. The summed E-state index contributed by atoms with van der Waals surface area (Å²) in [5, 5.41) is 7.53. The van der Waals surface area contributed by atoms with Crippen LogP contribution in [0.2, 0.25) is 0 Å². The molecule has 1 amide bonds. The average Bonchev–Trinajstić information content (AvgIpc) is 2.68. The molecule has 1 saturated carbocycles. The van der Waals surface area contributed by atoms with Crippen LogP contribution in [-0.4, -0.2) is 72.9 Å². The van der Waals surface area contributed by atoms with Gasteiger partial charge in [0.2, 0.25) is 5.88 Å². The van der Waals surface area contributed by atoms with Crippen molar-refractivity contribution in [3.8, 4) is 5.88 Å². The van der Waals surface area contributed by atoms with Gasteiger partial charge in [0.05, 0.1) is 12.2 Å². The molecule has 1 aliphatic carbocycles. The van der Waals surface area contributed by atoms with Gasteiger partial charge in [0.15, 0.2) is 14.9 Å². The molecule has 1 saturated heterocycles. The number of sulfone groups is 1. The Morgan fingerprint density at radius 2 is 1.55 bits per heavy atom. The molecule has 0 radical (unpaired) electrons. The van der Waals surface area contributed by atoms with E-state index in [1.807, 2.05) is 20.8 Å². The first kappa shape index (κ1) is 23.7. The van der Waals surface area contributed by atoms with Crippen molar-refractivity contribution in [2.24, 2.45) is 0 Å². The molecule has 3 rings (SSSR count). The highest BCUT2D eigenvalue weighted by molar-refractivity contribution is 7.90. The summed E-state index contributed by atoms with van der Waals surface area (Å²) in [6, 6.07) is 2.96. The number of hydrogen-bond donors (Lipinski definition) is 0. The molecule has 0 unspecified atom stereocenters. The van der Waals surface area contributed by atoms with Crippen LogP contribution in [0.25, 0.3) is 0 Å². The van der Waals surface area contributed by atoms with Crippen LogP contribution in [0, 0.1) is 0 Å². The van der Waals surface area contributed by atoms with Gasteiger partial charge in [0.1, 0.15) is 11.7 Å². The van der Waals surface area contributed by atoms with Crippen molar-refractivity contribution < 1.29 is 27.4 Å². The Kier molecular flexibility index (Phi) is 7.41. The third kappa shape index (κ3) is 7.31. The van der Waals surface area contributed by atoms with Gasteiger partial charge >= 0.3 is 6.09 Å². The van der Waals surface area contributed by atoms with Crippen LogP contribution in [0.5, 0.6) is 5.88 Å². The molecule has 10 heteroatoms. The zero-order chi connectivity index (χ0) is 22.6. The van der Waals surface area contributed by atoms with E-state index < -0.39 is 15.4 Å². The second-order valence-electron chi connectivity index (χ2n) is 9.30. The van der Waals surface area contributed by atoms with Crippen LogP contribution >= 0.6 is 0 Å². The molecule has 1 aliphatic heterocycles. The maximum absolute atomic E-state index is 12.2. The van der Waals surface area contributed by atoms with E-state index in [0.29, 0.717) is 19.0 Å². The summed E-state index contributed by atoms with van der Waals surface area (Å²) in [4.78, 5) is 13.9. The van der Waals surface area contributed by atoms with Gasteiger partial charge < -0.3 is 19.1 Å². The quantitative estimate of drug-likeness (QED) is 0.667. The summed E-state index contributed by atoms with van der Waals surface area (Å²) < 4.78 is 40.5. The van der Waals surface area contributed by atoms with Gasteiger partial charge in [-0.05, 0) is 65.4 Å². The second-order valence-corrected chi connectivity index (χ2v) is 11.3. The van der Waals surface area contributed by atoms with Gasteiger partial charge in [-0.2, -0.15) is 0 Å². The topological polar surface area (TPSA) is 108 Å². The van der Waals surface area contributed by atoms with E-state index >= 15 is 0 Å². The first-order chi connectivity index (χ1) is 14.5. The summed E-state index contributed by atoms with van der Waals surface area (Å²) in [6.45, 7) is 6.93. The zero-order valence-corrected chi connectivity index (χ0v) is 19.6. The lowest BCUT2D eigenvalue weighted by Crippen LogP contribution is -2.44. The van der Waals surface area contributed by atoms with Gasteiger partial charge in [-0.1, -0.05) is 0 Å². The number of piperidine rings is 1. The molecule has 31 heavy (non-hydrogen) atoms. The predicted octanol–water partition coefficient (Wildman–Crippen LogP) is 2.99. The molecule has 2 heterocycles. The van der Waals surface area contributed by atoms with Crippen molar-refractivity contribution in [1.82, 2.24) is 15.1 Å². The van der Waals surface area contributed by atoms with Crippen molar-refractivity contribution in [3.05, 3.63) is 12.1 Å². The minimum absolute atomic E-state index is 0.0206. The standard InChI is InChI=1S/C21H33N3O6S/c1-21(2,3)30-20(25)24-13-11-17(12-14-24)28-15-5-7-16(8-6-15)29-18-9-10-19(23-22-18)31(4,26)27/h9-10,15-17H,5-8,11-14H2,1-4H3. The number of aromatic nitrogens is 2. The monoisotopic (exact) mass is 455 g/mol. The predicted molar refractivity (Wildman–Crippen MR) is 114 cm³/mol. The molecule has 2 aliphatic rings. The van der Waals surface area contributed by atoms with Crippen LogP contribution in [0.3, 0.4) is 0 Å². The lowest BCUT2D eigenvalue weighted by atomic mass is 9.94. The van der Waals surface area contributed by atoms with E-state index in [1.165, 1.54) is 6.07 Å². The van der Waals surface area contributed by atoms with Crippen molar-refractivity contribution in [2.75, 3.05) is 19.3 Å². The second kappa shape index (κ2) is 9.68. The van der Waals surface area contributed by atoms with Crippen molar-refractivity contribution in [1.29, 1.82) is 0 Å². The lowest BCUT2D eigenvalue weighted by Gasteiger charge is -2.36. The van der Waals surface area contributed by atoms with Gasteiger partial charge in [0.25, 0.3) is 0 Å². The third-order valence-corrected chi connectivity index (χ3v) is 6.36. The Morgan fingerprint density at radius 1 is 0.968 bits per heavy atom. The molecular formula is C21H33N3O6S. The molecule has 0 atom stereocenters. The molecular weight excluding hydrogens is 422 g/mol. The number of carbonyl (C=O) groups excluding carboxylic acids is 1. The summed E-state index contributed by atoms with van der Waals surface area (Å²) in [5.74, 6) is 0.339. The summed E-state index contributed by atoms with van der Waals surface area (Å²) in [6.07, 6.45) is 6.33. The number of carbonyl (C=O) groups is 1. The van der Waals surface area contributed by atoms with E-state index in [0.717, 1.165) is 44.8 Å². The fourth-order valence-electron chi connectivity index (χ4n) is 3.80. The normalized spacial score (nSPS) is 23.4. The summed E-state index contributed by atoms with van der Waals surface area (Å²) in [5.41, 5.74) is -0.480. The Bertz CT molecular complexity index is 837. The Hall–Kier alpha value is -1.94. The fraction of sp³-hybridized carbons (Fsp3) is 0.762.